The van der Waals surface area contributed by atoms with Gasteiger partial charge in [-0.05, 0) is 12.1 Å². The number of furan rings is 1. The molecule has 1 aromatic heterocycles. The van der Waals surface area contributed by atoms with Crippen molar-refractivity contribution in [3.63, 3.8) is 0 Å². The van der Waals surface area contributed by atoms with Crippen LogP contribution in [0.2, 0.25) is 0 Å². The van der Waals surface area contributed by atoms with Crippen molar-refractivity contribution in [2.45, 2.75) is 5.09 Å². The Morgan fingerprint density at radius 2 is 2.27 bits per heavy atom. The van der Waals surface area contributed by atoms with Crippen molar-refractivity contribution >= 4 is 21.5 Å². The monoisotopic (exact) mass is 193 g/mol. The molecule has 0 aliphatic carbocycles. The first kappa shape index (κ1) is 8.15. The van der Waals surface area contributed by atoms with E-state index in [-0.39, 0.29) is 16.6 Å². The first-order valence-corrected chi connectivity index (χ1v) is 4.60. The molecule has 60 valence electrons. The summed E-state index contributed by atoms with van der Waals surface area (Å²) in [6.45, 7) is 0. The Labute approximate surface area is 66.3 Å². The van der Waals surface area contributed by atoms with Crippen molar-refractivity contribution in [3.8, 4) is 0 Å². The van der Waals surface area contributed by atoms with Gasteiger partial charge in [-0.3, -0.25) is 0 Å². The van der Waals surface area contributed by atoms with Gasteiger partial charge in [0.1, 0.15) is 0 Å². The van der Waals surface area contributed by atoms with E-state index in [0.717, 1.165) is 0 Å². The number of hydrogen-bond donors (Lipinski definition) is 0. The smallest absolute Gasteiger partial charge is 0.328 e. The van der Waals surface area contributed by atoms with Crippen molar-refractivity contribution in [2.24, 2.45) is 3.77 Å². The van der Waals surface area contributed by atoms with Crippen LogP contribution in [0.3, 0.4) is 0 Å². The largest absolute Gasteiger partial charge is 0.451 e. The number of rotatable bonds is 2. The predicted octanol–water partition coefficient (Wildman–Crippen LogP) is 0.365. The molecular formula is C4H3NO4S2. The Bertz CT molecular complexity index is 372. The van der Waals surface area contributed by atoms with E-state index in [2.05, 4.69) is 8.19 Å². The van der Waals surface area contributed by atoms with Gasteiger partial charge in [-0.2, -0.15) is 12.6 Å². The molecule has 0 unspecified atom stereocenters. The first-order chi connectivity index (χ1) is 5.17. The molecule has 0 aliphatic rings. The van der Waals surface area contributed by atoms with Crippen molar-refractivity contribution in [1.29, 1.82) is 0 Å². The summed E-state index contributed by atoms with van der Waals surface area (Å²) in [5.74, 6) is 0. The lowest BCUT2D eigenvalue weighted by Crippen LogP contribution is -1.92. The second kappa shape index (κ2) is 2.97. The van der Waals surface area contributed by atoms with Crippen molar-refractivity contribution in [1.82, 2.24) is 0 Å². The summed E-state index contributed by atoms with van der Waals surface area (Å²) in [7, 11) is -3.86. The number of sulfonamides is 1. The molecule has 1 aromatic rings. The molecular weight excluding hydrogens is 190 g/mol. The second-order valence-electron chi connectivity index (χ2n) is 1.56. The van der Waals surface area contributed by atoms with Crippen LogP contribution in [0.4, 0.5) is 0 Å². The number of hydrogen-bond acceptors (Lipinski definition) is 4. The molecule has 0 N–H and O–H groups in total. The SMILES string of the molecule is O=S=NS(=O)(=O)c1ccco1. The van der Waals surface area contributed by atoms with Crippen molar-refractivity contribution < 1.29 is 17.0 Å². The highest BCUT2D eigenvalue weighted by molar-refractivity contribution is 7.93. The third-order valence-electron chi connectivity index (χ3n) is 0.878. The van der Waals surface area contributed by atoms with Gasteiger partial charge in [0, 0.05) is 0 Å². The van der Waals surface area contributed by atoms with E-state index >= 15 is 0 Å². The summed E-state index contributed by atoms with van der Waals surface area (Å²) in [4.78, 5) is 0. The van der Waals surface area contributed by atoms with Crippen molar-refractivity contribution in [3.05, 3.63) is 18.4 Å². The van der Waals surface area contributed by atoms with Gasteiger partial charge in [0.25, 0.3) is 0 Å². The van der Waals surface area contributed by atoms with E-state index < -0.39 is 10.0 Å². The lowest BCUT2D eigenvalue weighted by molar-refractivity contribution is 0.451. The van der Waals surface area contributed by atoms with E-state index in [9.17, 15) is 12.6 Å². The highest BCUT2D eigenvalue weighted by Gasteiger charge is 2.14. The fraction of sp³-hybridized carbons (Fsp3) is 0. The lowest BCUT2D eigenvalue weighted by atomic mass is 10.7. The molecule has 0 saturated heterocycles. The number of nitrogens with zero attached hydrogens (tertiary/aromatic N) is 1. The summed E-state index contributed by atoms with van der Waals surface area (Å²) in [5.41, 5.74) is 0. The Hall–Kier alpha value is -0.950. The average Bonchev–Trinajstić information content (AvgIpc) is 2.37. The van der Waals surface area contributed by atoms with E-state index in [1.165, 1.54) is 18.4 Å². The Kier molecular flexibility index (Phi) is 2.20. The molecule has 0 radical (unpaired) electrons. The molecule has 7 heteroatoms. The third-order valence-corrected chi connectivity index (χ3v) is 2.65. The molecule has 0 spiro atoms. The van der Waals surface area contributed by atoms with Gasteiger partial charge >= 0.3 is 10.0 Å². The van der Waals surface area contributed by atoms with Gasteiger partial charge < -0.3 is 4.42 Å². The molecule has 11 heavy (non-hydrogen) atoms. The molecule has 0 saturated carbocycles. The normalized spacial score (nSPS) is 10.9. The molecule has 0 atom stereocenters. The zero-order valence-electron chi connectivity index (χ0n) is 5.13. The minimum atomic E-state index is -3.86. The van der Waals surface area contributed by atoms with Gasteiger partial charge in [-0.25, -0.2) is 0 Å². The zero-order chi connectivity index (χ0) is 8.32. The maximum atomic E-state index is 10.8. The summed E-state index contributed by atoms with van der Waals surface area (Å²) in [5, 5.41) is -0.319. The predicted molar refractivity (Wildman–Crippen MR) is 36.5 cm³/mol. The summed E-state index contributed by atoms with van der Waals surface area (Å²) in [6, 6.07) is 2.62. The van der Waals surface area contributed by atoms with Crippen LogP contribution in [0.15, 0.2) is 31.7 Å². The Balaban J connectivity index is 3.22. The minimum absolute atomic E-state index is 0.319. The standard InChI is InChI=1S/C4H3NO4S2/c6-10-5-11(7,8)4-2-1-3-9-4/h1-3H. The van der Waals surface area contributed by atoms with Gasteiger partial charge in [0.05, 0.1) is 6.26 Å². The second-order valence-corrected chi connectivity index (χ2v) is 3.65. The minimum Gasteiger partial charge on any atom is -0.451 e. The van der Waals surface area contributed by atoms with Crippen LogP contribution in [-0.4, -0.2) is 12.6 Å². The summed E-state index contributed by atoms with van der Waals surface area (Å²) in [6.07, 6.45) is 1.19. The van der Waals surface area contributed by atoms with E-state index in [1.807, 2.05) is 0 Å². The van der Waals surface area contributed by atoms with Crippen LogP contribution >= 0.6 is 0 Å². The molecule has 5 nitrogen and oxygen atoms in total. The molecule has 0 aliphatic heterocycles. The molecule has 0 aromatic carbocycles. The van der Waals surface area contributed by atoms with Crippen LogP contribution in [-0.2, 0) is 21.5 Å². The molecule has 1 heterocycles. The molecule has 0 fully saturated rings. The van der Waals surface area contributed by atoms with Crippen LogP contribution in [0.5, 0.6) is 0 Å². The zero-order valence-corrected chi connectivity index (χ0v) is 6.76. The fourth-order valence-corrected chi connectivity index (χ4v) is 1.53. The highest BCUT2D eigenvalue weighted by Crippen LogP contribution is 2.10. The molecule has 0 bridgehead atoms. The topological polar surface area (TPSA) is 76.7 Å². The Morgan fingerprint density at radius 1 is 1.55 bits per heavy atom. The summed E-state index contributed by atoms with van der Waals surface area (Å²) < 4.78 is 38.6. The van der Waals surface area contributed by atoms with Gasteiger partial charge in [0.2, 0.25) is 16.6 Å². The quantitative estimate of drug-likeness (QED) is 0.679. The van der Waals surface area contributed by atoms with Crippen LogP contribution in [0.1, 0.15) is 0 Å². The lowest BCUT2D eigenvalue weighted by Gasteiger charge is -1.85. The molecule has 1 rings (SSSR count). The van der Waals surface area contributed by atoms with Gasteiger partial charge in [-0.1, -0.05) is 3.77 Å². The maximum Gasteiger partial charge on any atom is 0.328 e. The Morgan fingerprint density at radius 3 is 2.73 bits per heavy atom. The third kappa shape index (κ3) is 1.75. The van der Waals surface area contributed by atoms with Crippen molar-refractivity contribution in [2.75, 3.05) is 0 Å². The molecule has 0 amide bonds. The fourth-order valence-electron chi connectivity index (χ4n) is 0.487. The van der Waals surface area contributed by atoms with E-state index in [1.54, 1.807) is 0 Å². The maximum absolute atomic E-state index is 10.8. The van der Waals surface area contributed by atoms with Gasteiger partial charge in [-0.15, -0.1) is 0 Å². The summed E-state index contributed by atoms with van der Waals surface area (Å²) >= 11 is -0.366. The highest BCUT2D eigenvalue weighted by atomic mass is 32.2. The van der Waals surface area contributed by atoms with E-state index in [0.29, 0.717) is 0 Å². The van der Waals surface area contributed by atoms with Crippen LogP contribution in [0, 0.1) is 0 Å². The van der Waals surface area contributed by atoms with E-state index in [4.69, 9.17) is 0 Å². The van der Waals surface area contributed by atoms with Crippen LogP contribution < -0.4 is 0 Å². The average molecular weight is 193 g/mol. The van der Waals surface area contributed by atoms with Gasteiger partial charge in [0.15, 0.2) is 0 Å². The first-order valence-electron chi connectivity index (χ1n) is 2.46. The van der Waals surface area contributed by atoms with Crippen LogP contribution in [0.25, 0.3) is 0 Å².